The second-order valence-corrected chi connectivity index (χ2v) is 6.08. The van der Waals surface area contributed by atoms with Crippen molar-refractivity contribution < 1.29 is 13.2 Å². The zero-order valence-corrected chi connectivity index (χ0v) is 12.3. The van der Waals surface area contributed by atoms with Crippen molar-refractivity contribution in [1.29, 1.82) is 0 Å². The number of hydrogen-bond acceptors (Lipinski definition) is 3. The molecule has 0 saturated carbocycles. The van der Waals surface area contributed by atoms with Gasteiger partial charge in [0.1, 0.15) is 0 Å². The lowest BCUT2D eigenvalue weighted by molar-refractivity contribution is -0.137. The third-order valence-corrected chi connectivity index (χ3v) is 4.81. The van der Waals surface area contributed by atoms with Crippen LogP contribution in [0.1, 0.15) is 35.5 Å². The number of fused-ring (bicyclic) bond motifs is 1. The van der Waals surface area contributed by atoms with E-state index < -0.39 is 11.2 Å². The maximum absolute atomic E-state index is 12.7. The smallest absolute Gasteiger partial charge is 0.310 e. The van der Waals surface area contributed by atoms with Crippen molar-refractivity contribution in [3.05, 3.63) is 40.5 Å². The summed E-state index contributed by atoms with van der Waals surface area (Å²) in [6, 6.07) is 6.17. The molecule has 0 fully saturated rings. The van der Waals surface area contributed by atoms with E-state index in [1.165, 1.54) is 11.8 Å². The van der Waals surface area contributed by atoms with Crippen molar-refractivity contribution in [1.82, 2.24) is 10.3 Å². The predicted molar refractivity (Wildman–Crippen MR) is 77.3 cm³/mol. The molecule has 1 unspecified atom stereocenters. The van der Waals surface area contributed by atoms with E-state index in [0.717, 1.165) is 30.5 Å². The summed E-state index contributed by atoms with van der Waals surface area (Å²) in [5.74, 6) is 0. The number of benzene rings is 1. The van der Waals surface area contributed by atoms with Crippen molar-refractivity contribution in [2.24, 2.45) is 0 Å². The molecule has 1 N–H and O–H groups in total. The molecule has 0 saturated heterocycles. The Balaban J connectivity index is 1.99. The molecule has 1 aliphatic rings. The van der Waals surface area contributed by atoms with Crippen LogP contribution in [-0.4, -0.2) is 11.5 Å². The van der Waals surface area contributed by atoms with E-state index in [2.05, 4.69) is 23.3 Å². The fourth-order valence-corrected chi connectivity index (χ4v) is 3.71. The standard InChI is InChI=1S/C15H15F3N2S/c1-2-19-12-7-6-9-10(12)4-3-5-11(9)13-8-20-14(21-13)15(16,17)18/h3-5,8,12,19H,2,6-7H2,1H3. The lowest BCUT2D eigenvalue weighted by Gasteiger charge is -2.13. The number of rotatable bonds is 3. The molecule has 6 heteroatoms. The van der Waals surface area contributed by atoms with E-state index in [1.807, 2.05) is 12.1 Å². The minimum atomic E-state index is -4.37. The van der Waals surface area contributed by atoms with Crippen LogP contribution >= 0.6 is 11.3 Å². The zero-order valence-electron chi connectivity index (χ0n) is 11.5. The Labute approximate surface area is 125 Å². The third-order valence-electron chi connectivity index (χ3n) is 3.73. The van der Waals surface area contributed by atoms with Crippen LogP contribution in [-0.2, 0) is 12.6 Å². The van der Waals surface area contributed by atoms with Crippen molar-refractivity contribution in [3.63, 3.8) is 0 Å². The van der Waals surface area contributed by atoms with Crippen LogP contribution in [0.2, 0.25) is 0 Å². The van der Waals surface area contributed by atoms with Gasteiger partial charge in [-0.05, 0) is 36.1 Å². The first kappa shape index (κ1) is 14.5. The van der Waals surface area contributed by atoms with Gasteiger partial charge in [-0.1, -0.05) is 25.1 Å². The monoisotopic (exact) mass is 312 g/mol. The van der Waals surface area contributed by atoms with E-state index in [-0.39, 0.29) is 0 Å². The van der Waals surface area contributed by atoms with Crippen LogP contribution in [0.4, 0.5) is 13.2 Å². The fourth-order valence-electron chi connectivity index (χ4n) is 2.87. The molecular formula is C15H15F3N2S. The number of thiazole rings is 1. The first-order valence-corrected chi connectivity index (χ1v) is 7.71. The average Bonchev–Trinajstić information content (AvgIpc) is 3.05. The van der Waals surface area contributed by atoms with Gasteiger partial charge >= 0.3 is 6.18 Å². The number of alkyl halides is 3. The second-order valence-electron chi connectivity index (χ2n) is 5.05. The first-order valence-electron chi connectivity index (χ1n) is 6.89. The Hall–Kier alpha value is -1.40. The Morgan fingerprint density at radius 2 is 2.19 bits per heavy atom. The highest BCUT2D eigenvalue weighted by molar-refractivity contribution is 7.15. The van der Waals surface area contributed by atoms with Gasteiger partial charge in [0.2, 0.25) is 0 Å². The summed E-state index contributed by atoms with van der Waals surface area (Å²) in [4.78, 5) is 4.12. The highest BCUT2D eigenvalue weighted by Gasteiger charge is 2.35. The van der Waals surface area contributed by atoms with Gasteiger partial charge in [-0.25, -0.2) is 4.98 Å². The first-order chi connectivity index (χ1) is 10.0. The Morgan fingerprint density at radius 1 is 1.38 bits per heavy atom. The molecule has 1 aliphatic carbocycles. The number of nitrogens with zero attached hydrogens (tertiary/aromatic N) is 1. The summed E-state index contributed by atoms with van der Waals surface area (Å²) >= 11 is 0.717. The normalized spacial score (nSPS) is 18.0. The van der Waals surface area contributed by atoms with Crippen LogP contribution in [0, 0.1) is 0 Å². The number of nitrogens with one attached hydrogen (secondary N) is 1. The molecule has 112 valence electrons. The predicted octanol–water partition coefficient (Wildman–Crippen LogP) is 4.43. The summed E-state index contributed by atoms with van der Waals surface area (Å²) in [5.41, 5.74) is 3.25. The third kappa shape index (κ3) is 2.70. The molecule has 1 heterocycles. The van der Waals surface area contributed by atoms with Crippen molar-refractivity contribution in [3.8, 4) is 10.4 Å². The minimum absolute atomic E-state index is 0.306. The van der Waals surface area contributed by atoms with E-state index in [9.17, 15) is 13.2 Å². The molecule has 2 aromatic rings. The molecular weight excluding hydrogens is 297 g/mol. The van der Waals surface area contributed by atoms with Crippen molar-refractivity contribution >= 4 is 11.3 Å². The molecule has 21 heavy (non-hydrogen) atoms. The second kappa shape index (κ2) is 5.42. The Morgan fingerprint density at radius 3 is 2.86 bits per heavy atom. The van der Waals surface area contributed by atoms with E-state index in [4.69, 9.17) is 0 Å². The summed E-state index contributed by atoms with van der Waals surface area (Å²) in [7, 11) is 0. The fraction of sp³-hybridized carbons (Fsp3) is 0.400. The van der Waals surface area contributed by atoms with Gasteiger partial charge in [0, 0.05) is 12.2 Å². The van der Waals surface area contributed by atoms with Gasteiger partial charge in [0.15, 0.2) is 5.01 Å². The molecule has 0 radical (unpaired) electrons. The lowest BCUT2D eigenvalue weighted by atomic mass is 10.0. The molecule has 3 rings (SSSR count). The molecule has 0 amide bonds. The van der Waals surface area contributed by atoms with Crippen LogP contribution < -0.4 is 5.32 Å². The summed E-state index contributed by atoms with van der Waals surface area (Å²) < 4.78 is 38.1. The van der Waals surface area contributed by atoms with Gasteiger partial charge in [-0.2, -0.15) is 13.2 Å². The highest BCUT2D eigenvalue weighted by atomic mass is 32.1. The topological polar surface area (TPSA) is 24.9 Å². The molecule has 0 bridgehead atoms. The summed E-state index contributed by atoms with van der Waals surface area (Å²) in [6.45, 7) is 2.94. The number of hydrogen-bond donors (Lipinski definition) is 1. The molecule has 2 nitrogen and oxygen atoms in total. The SMILES string of the molecule is CCNC1CCc2c(-c3cnc(C(F)(F)F)s3)cccc21. The Kier molecular flexibility index (Phi) is 3.75. The van der Waals surface area contributed by atoms with E-state index in [0.29, 0.717) is 22.3 Å². The minimum Gasteiger partial charge on any atom is -0.310 e. The van der Waals surface area contributed by atoms with E-state index >= 15 is 0 Å². The number of halogens is 3. The summed E-state index contributed by atoms with van der Waals surface area (Å²) in [6.07, 6.45) is -1.15. The van der Waals surface area contributed by atoms with Crippen LogP contribution in [0.25, 0.3) is 10.4 Å². The maximum Gasteiger partial charge on any atom is 0.443 e. The van der Waals surface area contributed by atoms with Crippen molar-refractivity contribution in [2.45, 2.75) is 32.0 Å². The molecule has 1 atom stereocenters. The quantitative estimate of drug-likeness (QED) is 0.907. The maximum atomic E-state index is 12.7. The number of aromatic nitrogens is 1. The molecule has 1 aromatic carbocycles. The van der Waals surface area contributed by atoms with E-state index in [1.54, 1.807) is 0 Å². The largest absolute Gasteiger partial charge is 0.443 e. The average molecular weight is 312 g/mol. The van der Waals surface area contributed by atoms with Crippen LogP contribution in [0.3, 0.4) is 0 Å². The molecule has 1 aromatic heterocycles. The van der Waals surface area contributed by atoms with Gasteiger partial charge in [-0.3, -0.25) is 0 Å². The van der Waals surface area contributed by atoms with Crippen LogP contribution in [0.15, 0.2) is 24.4 Å². The van der Waals surface area contributed by atoms with Gasteiger partial charge < -0.3 is 5.32 Å². The zero-order chi connectivity index (χ0) is 15.0. The molecule has 0 aliphatic heterocycles. The van der Waals surface area contributed by atoms with Crippen LogP contribution in [0.5, 0.6) is 0 Å². The van der Waals surface area contributed by atoms with Crippen molar-refractivity contribution in [2.75, 3.05) is 6.54 Å². The van der Waals surface area contributed by atoms with Gasteiger partial charge in [0.05, 0.1) is 4.88 Å². The van der Waals surface area contributed by atoms with Gasteiger partial charge in [0.25, 0.3) is 0 Å². The molecule has 0 spiro atoms. The Bertz CT molecular complexity index is 649. The van der Waals surface area contributed by atoms with Gasteiger partial charge in [-0.15, -0.1) is 11.3 Å². The highest BCUT2D eigenvalue weighted by Crippen LogP contribution is 2.41. The summed E-state index contributed by atoms with van der Waals surface area (Å²) in [5, 5.41) is 2.64. The lowest BCUT2D eigenvalue weighted by Crippen LogP contribution is -2.18.